The van der Waals surface area contributed by atoms with Crippen molar-refractivity contribution in [3.63, 3.8) is 0 Å². The summed E-state index contributed by atoms with van der Waals surface area (Å²) in [7, 11) is 0. The van der Waals surface area contributed by atoms with Gasteiger partial charge in [-0.1, -0.05) is 11.8 Å². The van der Waals surface area contributed by atoms with Gasteiger partial charge in [-0.15, -0.1) is 0 Å². The monoisotopic (exact) mass is 298 g/mol. The number of benzene rings is 2. The fourth-order valence-corrected chi connectivity index (χ4v) is 2.77. The van der Waals surface area contributed by atoms with Crippen LogP contribution in [0.1, 0.15) is 6.92 Å². The van der Waals surface area contributed by atoms with Gasteiger partial charge in [0, 0.05) is 23.2 Å². The molecule has 0 saturated carbocycles. The van der Waals surface area contributed by atoms with Gasteiger partial charge < -0.3 is 16.0 Å². The lowest BCUT2D eigenvalue weighted by molar-refractivity contribution is -0.114. The van der Waals surface area contributed by atoms with E-state index in [4.69, 9.17) is 5.73 Å². The standard InChI is InChI=1S/C15H14N4OS/c1-9(20)17-11-3-5-12(6-4-11)21-15-18-13-7-2-10(16)8-14(13)19-15/h2-8H,16H2,1H3,(H,17,20)(H,18,19). The minimum absolute atomic E-state index is 0.0784. The summed E-state index contributed by atoms with van der Waals surface area (Å²) in [5, 5.41) is 3.55. The number of carbonyl (C=O) groups is 1. The molecule has 3 rings (SSSR count). The molecule has 0 radical (unpaired) electrons. The molecule has 1 heterocycles. The molecule has 1 aromatic heterocycles. The van der Waals surface area contributed by atoms with Crippen molar-refractivity contribution in [3.05, 3.63) is 42.5 Å². The molecular weight excluding hydrogens is 284 g/mol. The van der Waals surface area contributed by atoms with Crippen molar-refractivity contribution < 1.29 is 4.79 Å². The van der Waals surface area contributed by atoms with E-state index in [0.717, 1.165) is 26.8 Å². The molecule has 0 unspecified atom stereocenters. The molecule has 2 aromatic carbocycles. The molecule has 0 aliphatic rings. The van der Waals surface area contributed by atoms with Crippen LogP contribution in [0.25, 0.3) is 11.0 Å². The Bertz CT molecular complexity index is 795. The maximum atomic E-state index is 11.0. The first-order valence-electron chi connectivity index (χ1n) is 6.41. The number of nitrogens with zero attached hydrogens (tertiary/aromatic N) is 1. The van der Waals surface area contributed by atoms with Crippen molar-refractivity contribution in [3.8, 4) is 0 Å². The van der Waals surface area contributed by atoms with E-state index in [2.05, 4.69) is 15.3 Å². The molecule has 4 N–H and O–H groups in total. The highest BCUT2D eigenvalue weighted by Gasteiger charge is 2.05. The van der Waals surface area contributed by atoms with Crippen molar-refractivity contribution in [2.45, 2.75) is 17.0 Å². The molecule has 3 aromatic rings. The van der Waals surface area contributed by atoms with Gasteiger partial charge in [-0.2, -0.15) is 0 Å². The summed E-state index contributed by atoms with van der Waals surface area (Å²) in [6.07, 6.45) is 0. The van der Waals surface area contributed by atoms with E-state index in [9.17, 15) is 4.79 Å². The van der Waals surface area contributed by atoms with Crippen molar-refractivity contribution in [1.29, 1.82) is 0 Å². The zero-order chi connectivity index (χ0) is 14.8. The number of rotatable bonds is 3. The summed E-state index contributed by atoms with van der Waals surface area (Å²) in [6.45, 7) is 1.49. The summed E-state index contributed by atoms with van der Waals surface area (Å²) in [5.41, 5.74) is 9.06. The number of nitrogens with one attached hydrogen (secondary N) is 2. The number of carbonyl (C=O) groups excluding carboxylic acids is 1. The average molecular weight is 298 g/mol. The van der Waals surface area contributed by atoms with Gasteiger partial charge in [-0.25, -0.2) is 4.98 Å². The first kappa shape index (κ1) is 13.5. The molecule has 21 heavy (non-hydrogen) atoms. The Labute approximate surface area is 126 Å². The number of nitrogens with two attached hydrogens (primary N) is 1. The molecule has 0 aliphatic heterocycles. The van der Waals surface area contributed by atoms with Crippen molar-refractivity contribution >= 4 is 40.1 Å². The van der Waals surface area contributed by atoms with Gasteiger partial charge in [0.2, 0.25) is 5.91 Å². The Morgan fingerprint density at radius 3 is 2.71 bits per heavy atom. The zero-order valence-corrected chi connectivity index (χ0v) is 12.2. The molecule has 106 valence electrons. The maximum Gasteiger partial charge on any atom is 0.221 e. The van der Waals surface area contributed by atoms with Crippen molar-refractivity contribution in [1.82, 2.24) is 9.97 Å². The molecule has 1 amide bonds. The van der Waals surface area contributed by atoms with E-state index in [0.29, 0.717) is 5.69 Å². The lowest BCUT2D eigenvalue weighted by Gasteiger charge is -2.02. The SMILES string of the molecule is CC(=O)Nc1ccc(Sc2nc3ccc(N)cc3[nH]2)cc1. The smallest absolute Gasteiger partial charge is 0.221 e. The molecule has 0 spiro atoms. The van der Waals surface area contributed by atoms with Crippen LogP contribution in [0, 0.1) is 0 Å². The molecule has 0 fully saturated rings. The van der Waals surface area contributed by atoms with Crippen LogP contribution in [0.5, 0.6) is 0 Å². The minimum atomic E-state index is -0.0784. The minimum Gasteiger partial charge on any atom is -0.399 e. The van der Waals surface area contributed by atoms with Gasteiger partial charge in [-0.3, -0.25) is 4.79 Å². The van der Waals surface area contributed by atoms with Crippen LogP contribution < -0.4 is 11.1 Å². The van der Waals surface area contributed by atoms with Crippen LogP contribution in [0.2, 0.25) is 0 Å². The number of H-pyrrole nitrogens is 1. The highest BCUT2D eigenvalue weighted by atomic mass is 32.2. The van der Waals surface area contributed by atoms with Crippen molar-refractivity contribution in [2.75, 3.05) is 11.1 Å². The third-order valence-corrected chi connectivity index (χ3v) is 3.77. The van der Waals surface area contributed by atoms with E-state index in [1.165, 1.54) is 18.7 Å². The third-order valence-electron chi connectivity index (χ3n) is 2.87. The van der Waals surface area contributed by atoms with Gasteiger partial charge in [0.25, 0.3) is 0 Å². The number of anilines is 2. The lowest BCUT2D eigenvalue weighted by Crippen LogP contribution is -2.05. The number of hydrogen-bond acceptors (Lipinski definition) is 4. The van der Waals surface area contributed by atoms with Gasteiger partial charge in [0.1, 0.15) is 0 Å². The second-order valence-electron chi connectivity index (χ2n) is 4.63. The predicted molar refractivity (Wildman–Crippen MR) is 85.4 cm³/mol. The van der Waals surface area contributed by atoms with E-state index in [1.807, 2.05) is 42.5 Å². The Balaban J connectivity index is 1.79. The molecule has 0 atom stereocenters. The summed E-state index contributed by atoms with van der Waals surface area (Å²) in [6, 6.07) is 13.2. The first-order valence-corrected chi connectivity index (χ1v) is 7.22. The number of aromatic nitrogens is 2. The highest BCUT2D eigenvalue weighted by molar-refractivity contribution is 7.99. The van der Waals surface area contributed by atoms with E-state index < -0.39 is 0 Å². The van der Waals surface area contributed by atoms with Gasteiger partial charge in [0.15, 0.2) is 5.16 Å². The lowest BCUT2D eigenvalue weighted by atomic mass is 10.3. The summed E-state index contributed by atoms with van der Waals surface area (Å²) in [4.78, 5) is 19.7. The number of aromatic amines is 1. The molecule has 5 nitrogen and oxygen atoms in total. The number of imidazole rings is 1. The van der Waals surface area contributed by atoms with Crippen LogP contribution in [0.15, 0.2) is 52.5 Å². The van der Waals surface area contributed by atoms with E-state index >= 15 is 0 Å². The topological polar surface area (TPSA) is 83.8 Å². The summed E-state index contributed by atoms with van der Waals surface area (Å²) >= 11 is 1.53. The molecule has 6 heteroatoms. The number of fused-ring (bicyclic) bond motifs is 1. The molecule has 0 saturated heterocycles. The van der Waals surface area contributed by atoms with Crippen molar-refractivity contribution in [2.24, 2.45) is 0 Å². The van der Waals surface area contributed by atoms with E-state index in [-0.39, 0.29) is 5.91 Å². The number of amides is 1. The van der Waals surface area contributed by atoms with Crippen LogP contribution in [0.3, 0.4) is 0 Å². The third kappa shape index (κ3) is 3.17. The average Bonchev–Trinajstić information content (AvgIpc) is 2.82. The summed E-state index contributed by atoms with van der Waals surface area (Å²) in [5.74, 6) is -0.0784. The second-order valence-corrected chi connectivity index (χ2v) is 5.69. The predicted octanol–water partition coefficient (Wildman–Crippen LogP) is 3.25. The zero-order valence-electron chi connectivity index (χ0n) is 11.4. The maximum absolute atomic E-state index is 11.0. The fraction of sp³-hybridized carbons (Fsp3) is 0.0667. The Morgan fingerprint density at radius 2 is 2.00 bits per heavy atom. The van der Waals surface area contributed by atoms with Gasteiger partial charge in [-0.05, 0) is 42.5 Å². The number of nitrogen functional groups attached to an aromatic ring is 1. The normalized spacial score (nSPS) is 10.7. The fourth-order valence-electron chi connectivity index (χ4n) is 1.97. The first-order chi connectivity index (χ1) is 10.1. The summed E-state index contributed by atoms with van der Waals surface area (Å²) < 4.78 is 0. The van der Waals surface area contributed by atoms with Crippen LogP contribution in [-0.2, 0) is 4.79 Å². The Hall–Kier alpha value is -2.47. The Kier molecular flexibility index (Phi) is 3.53. The molecule has 0 bridgehead atoms. The van der Waals surface area contributed by atoms with Crippen LogP contribution in [-0.4, -0.2) is 15.9 Å². The van der Waals surface area contributed by atoms with Gasteiger partial charge in [0.05, 0.1) is 11.0 Å². The van der Waals surface area contributed by atoms with E-state index in [1.54, 1.807) is 0 Å². The van der Waals surface area contributed by atoms with Gasteiger partial charge >= 0.3 is 0 Å². The largest absolute Gasteiger partial charge is 0.399 e. The van der Waals surface area contributed by atoms with Crippen LogP contribution >= 0.6 is 11.8 Å². The highest BCUT2D eigenvalue weighted by Crippen LogP contribution is 2.28. The van der Waals surface area contributed by atoms with Crippen LogP contribution in [0.4, 0.5) is 11.4 Å². The molecule has 0 aliphatic carbocycles. The Morgan fingerprint density at radius 1 is 1.24 bits per heavy atom. The molecular formula is C15H14N4OS. The quantitative estimate of drug-likeness (QED) is 0.648. The number of hydrogen-bond donors (Lipinski definition) is 3. The second kappa shape index (κ2) is 5.49.